The Balaban J connectivity index is 1.42. The van der Waals surface area contributed by atoms with Crippen LogP contribution in [0, 0.1) is 13.8 Å². The molecule has 0 aromatic heterocycles. The van der Waals surface area contributed by atoms with Crippen molar-refractivity contribution in [1.82, 2.24) is 4.90 Å². The summed E-state index contributed by atoms with van der Waals surface area (Å²) in [5.74, 6) is -0.852. The molecular formula is C24H25N3O4S. The number of nitrogens with zero attached hydrogens (tertiary/aromatic N) is 2. The van der Waals surface area contributed by atoms with E-state index in [-0.39, 0.29) is 6.54 Å². The maximum atomic E-state index is 12.8. The van der Waals surface area contributed by atoms with Gasteiger partial charge in [-0.25, -0.2) is 0 Å². The molecule has 8 heteroatoms. The summed E-state index contributed by atoms with van der Waals surface area (Å²) in [4.78, 5) is 41.2. The summed E-state index contributed by atoms with van der Waals surface area (Å²) in [5.41, 5.74) is 4.48. The van der Waals surface area contributed by atoms with Gasteiger partial charge >= 0.3 is 0 Å². The minimum Gasteiger partial charge on any atom is -0.378 e. The van der Waals surface area contributed by atoms with E-state index in [1.54, 1.807) is 6.08 Å². The largest absolute Gasteiger partial charge is 0.378 e. The van der Waals surface area contributed by atoms with Gasteiger partial charge in [-0.15, -0.1) is 0 Å². The summed E-state index contributed by atoms with van der Waals surface area (Å²) in [6, 6.07) is 13.6. The number of morpholine rings is 1. The Morgan fingerprint density at radius 3 is 2.38 bits per heavy atom. The monoisotopic (exact) mass is 451 g/mol. The van der Waals surface area contributed by atoms with E-state index in [1.807, 2.05) is 56.3 Å². The second kappa shape index (κ2) is 9.58. The topological polar surface area (TPSA) is 79.0 Å². The number of imide groups is 1. The van der Waals surface area contributed by atoms with E-state index < -0.39 is 17.1 Å². The number of hydrogen-bond acceptors (Lipinski definition) is 6. The Bertz CT molecular complexity index is 1050. The molecule has 2 aromatic rings. The number of rotatable bonds is 5. The number of amides is 3. The van der Waals surface area contributed by atoms with E-state index in [2.05, 4.69) is 10.2 Å². The minimum atomic E-state index is -0.450. The fourth-order valence-electron chi connectivity index (χ4n) is 3.72. The molecule has 7 nitrogen and oxygen atoms in total. The van der Waals surface area contributed by atoms with Crippen molar-refractivity contribution in [2.45, 2.75) is 13.8 Å². The van der Waals surface area contributed by atoms with Gasteiger partial charge in [0, 0.05) is 24.5 Å². The third-order valence-corrected chi connectivity index (χ3v) is 6.40. The molecule has 2 aliphatic rings. The molecule has 166 valence electrons. The number of nitrogens with one attached hydrogen (secondary N) is 1. The van der Waals surface area contributed by atoms with E-state index in [4.69, 9.17) is 4.74 Å². The summed E-state index contributed by atoms with van der Waals surface area (Å²) in [6.07, 6.45) is 1.69. The van der Waals surface area contributed by atoms with Crippen LogP contribution in [-0.2, 0) is 14.3 Å². The number of carbonyl (C=O) groups excluding carboxylic acids is 3. The molecule has 4 rings (SSSR count). The lowest BCUT2D eigenvalue weighted by Crippen LogP contribution is -2.36. The van der Waals surface area contributed by atoms with Gasteiger partial charge in [0.2, 0.25) is 5.91 Å². The zero-order valence-corrected chi connectivity index (χ0v) is 18.9. The average Bonchev–Trinajstić information content (AvgIpc) is 3.05. The Kier molecular flexibility index (Phi) is 6.62. The highest BCUT2D eigenvalue weighted by molar-refractivity contribution is 8.18. The van der Waals surface area contributed by atoms with Crippen LogP contribution in [0.3, 0.4) is 0 Å². The van der Waals surface area contributed by atoms with Crippen molar-refractivity contribution in [3.8, 4) is 0 Å². The van der Waals surface area contributed by atoms with Gasteiger partial charge in [0.25, 0.3) is 11.1 Å². The molecule has 3 amide bonds. The van der Waals surface area contributed by atoms with Crippen LogP contribution in [-0.4, -0.2) is 54.8 Å². The van der Waals surface area contributed by atoms with Crippen LogP contribution in [0.1, 0.15) is 16.7 Å². The molecule has 0 unspecified atom stereocenters. The van der Waals surface area contributed by atoms with Crippen LogP contribution in [0.4, 0.5) is 16.2 Å². The average molecular weight is 452 g/mol. The first-order chi connectivity index (χ1) is 15.4. The summed E-state index contributed by atoms with van der Waals surface area (Å²) < 4.78 is 5.38. The zero-order valence-electron chi connectivity index (χ0n) is 18.1. The molecule has 1 N–H and O–H groups in total. The molecule has 0 atom stereocenters. The van der Waals surface area contributed by atoms with Crippen LogP contribution in [0.2, 0.25) is 0 Å². The molecule has 2 fully saturated rings. The van der Waals surface area contributed by atoms with Gasteiger partial charge < -0.3 is 15.0 Å². The number of carbonyl (C=O) groups is 3. The number of thioether (sulfide) groups is 1. The Morgan fingerprint density at radius 2 is 1.72 bits per heavy atom. The van der Waals surface area contributed by atoms with Gasteiger partial charge in [0.1, 0.15) is 6.54 Å². The van der Waals surface area contributed by atoms with Crippen molar-refractivity contribution in [3.05, 3.63) is 64.1 Å². The summed E-state index contributed by atoms with van der Waals surface area (Å²) in [6.45, 7) is 6.61. The summed E-state index contributed by atoms with van der Waals surface area (Å²) in [7, 11) is 0. The van der Waals surface area contributed by atoms with Crippen LogP contribution < -0.4 is 10.2 Å². The number of ether oxygens (including phenoxy) is 1. The second-order valence-corrected chi connectivity index (χ2v) is 8.77. The first-order valence-corrected chi connectivity index (χ1v) is 11.3. The van der Waals surface area contributed by atoms with Gasteiger partial charge in [-0.05, 0) is 60.5 Å². The fraction of sp³-hybridized carbons (Fsp3) is 0.292. The van der Waals surface area contributed by atoms with E-state index in [0.717, 1.165) is 52.1 Å². The predicted octanol–water partition coefficient (Wildman–Crippen LogP) is 3.82. The SMILES string of the molecule is Cc1cccc(C)c1NC(=O)CN1C(=O)S/C(=C\c2ccc(N3CCOCC3)cc2)C1=O. The highest BCUT2D eigenvalue weighted by Gasteiger charge is 2.36. The number of hydrogen-bond donors (Lipinski definition) is 1. The van der Waals surface area contributed by atoms with Gasteiger partial charge in [0.15, 0.2) is 0 Å². The molecule has 2 aromatic carbocycles. The lowest BCUT2D eigenvalue weighted by Gasteiger charge is -2.28. The first kappa shape index (κ1) is 22.1. The first-order valence-electron chi connectivity index (χ1n) is 10.5. The lowest BCUT2D eigenvalue weighted by atomic mass is 10.1. The fourth-order valence-corrected chi connectivity index (χ4v) is 4.56. The van der Waals surface area contributed by atoms with Crippen molar-refractivity contribution in [2.75, 3.05) is 43.1 Å². The smallest absolute Gasteiger partial charge is 0.294 e. The number of para-hydroxylation sites is 1. The Hall–Kier alpha value is -3.10. The summed E-state index contributed by atoms with van der Waals surface area (Å²) in [5, 5.41) is 2.38. The highest BCUT2D eigenvalue weighted by atomic mass is 32.2. The predicted molar refractivity (Wildman–Crippen MR) is 127 cm³/mol. The quantitative estimate of drug-likeness (QED) is 0.697. The van der Waals surface area contributed by atoms with Crippen LogP contribution in [0.5, 0.6) is 0 Å². The lowest BCUT2D eigenvalue weighted by molar-refractivity contribution is -0.127. The van der Waals surface area contributed by atoms with Crippen molar-refractivity contribution in [1.29, 1.82) is 0 Å². The number of benzene rings is 2. The molecule has 2 heterocycles. The Morgan fingerprint density at radius 1 is 1.06 bits per heavy atom. The third kappa shape index (κ3) is 4.87. The van der Waals surface area contributed by atoms with Gasteiger partial charge in [-0.3, -0.25) is 19.3 Å². The standard InChI is InChI=1S/C24H25N3O4S/c1-16-4-3-5-17(2)22(16)25-21(28)15-27-23(29)20(32-24(27)30)14-18-6-8-19(9-7-18)26-10-12-31-13-11-26/h3-9,14H,10-13,15H2,1-2H3,(H,25,28)/b20-14-. The normalized spacial score (nSPS) is 17.9. The molecule has 0 bridgehead atoms. The highest BCUT2D eigenvalue weighted by Crippen LogP contribution is 2.32. The zero-order chi connectivity index (χ0) is 22.7. The van der Waals surface area contributed by atoms with E-state index >= 15 is 0 Å². The third-order valence-electron chi connectivity index (χ3n) is 5.49. The van der Waals surface area contributed by atoms with Gasteiger partial charge in [-0.2, -0.15) is 0 Å². The van der Waals surface area contributed by atoms with Gasteiger partial charge in [0.05, 0.1) is 18.1 Å². The molecule has 2 aliphatic heterocycles. The van der Waals surface area contributed by atoms with E-state index in [9.17, 15) is 14.4 Å². The van der Waals surface area contributed by atoms with Crippen molar-refractivity contribution in [3.63, 3.8) is 0 Å². The van der Waals surface area contributed by atoms with Crippen LogP contribution in [0.15, 0.2) is 47.4 Å². The molecule has 0 spiro atoms. The van der Waals surface area contributed by atoms with Crippen LogP contribution >= 0.6 is 11.8 Å². The van der Waals surface area contributed by atoms with Crippen LogP contribution in [0.25, 0.3) is 6.08 Å². The minimum absolute atomic E-state index is 0.314. The van der Waals surface area contributed by atoms with Crippen molar-refractivity contribution in [2.24, 2.45) is 0 Å². The maximum absolute atomic E-state index is 12.8. The number of anilines is 2. The van der Waals surface area contributed by atoms with Crippen molar-refractivity contribution >= 4 is 46.3 Å². The second-order valence-electron chi connectivity index (χ2n) is 7.77. The molecule has 0 saturated carbocycles. The molecule has 32 heavy (non-hydrogen) atoms. The van der Waals surface area contributed by atoms with Crippen molar-refractivity contribution < 1.29 is 19.1 Å². The molecule has 0 aliphatic carbocycles. The maximum Gasteiger partial charge on any atom is 0.294 e. The van der Waals surface area contributed by atoms with Gasteiger partial charge in [-0.1, -0.05) is 30.3 Å². The molecule has 0 radical (unpaired) electrons. The van der Waals surface area contributed by atoms with E-state index in [0.29, 0.717) is 23.8 Å². The Labute approximate surface area is 191 Å². The van der Waals surface area contributed by atoms with E-state index in [1.165, 1.54) is 0 Å². The molecule has 2 saturated heterocycles. The molecular weight excluding hydrogens is 426 g/mol. The number of aryl methyl sites for hydroxylation is 2. The summed E-state index contributed by atoms with van der Waals surface area (Å²) >= 11 is 0.855.